The van der Waals surface area contributed by atoms with Gasteiger partial charge in [-0.05, 0) is 38.1 Å². The molecule has 0 heterocycles. The zero-order chi connectivity index (χ0) is 14.8. The van der Waals surface area contributed by atoms with Crippen LogP contribution in [0.2, 0.25) is 0 Å². The molecular formula is C15H23NO4. The quantitative estimate of drug-likeness (QED) is 0.694. The third-order valence-electron chi connectivity index (χ3n) is 2.85. The molecule has 1 atom stereocenters. The van der Waals surface area contributed by atoms with Crippen LogP contribution in [0.25, 0.3) is 0 Å². The van der Waals surface area contributed by atoms with E-state index >= 15 is 0 Å². The maximum atomic E-state index is 11.6. The molecule has 0 spiro atoms. The van der Waals surface area contributed by atoms with Crippen LogP contribution in [-0.2, 0) is 20.7 Å². The Kier molecular flexibility index (Phi) is 7.69. The van der Waals surface area contributed by atoms with Crippen LogP contribution in [-0.4, -0.2) is 46.0 Å². The van der Waals surface area contributed by atoms with Gasteiger partial charge in [0.05, 0.1) is 13.2 Å². The third kappa shape index (κ3) is 5.59. The number of rotatable bonds is 9. The topological polar surface area (TPSA) is 56.8 Å². The van der Waals surface area contributed by atoms with Gasteiger partial charge >= 0.3 is 5.97 Å². The van der Waals surface area contributed by atoms with Crippen LogP contribution in [0, 0.1) is 0 Å². The molecule has 112 valence electrons. The lowest BCUT2D eigenvalue weighted by atomic mass is 10.1. The average molecular weight is 281 g/mol. The van der Waals surface area contributed by atoms with Crippen molar-refractivity contribution >= 4 is 5.97 Å². The van der Waals surface area contributed by atoms with E-state index in [1.54, 1.807) is 21.1 Å². The first kappa shape index (κ1) is 16.5. The normalized spacial score (nSPS) is 11.9. The van der Waals surface area contributed by atoms with E-state index in [9.17, 15) is 4.79 Å². The average Bonchev–Trinajstić information content (AvgIpc) is 2.47. The first-order chi connectivity index (χ1) is 9.71. The van der Waals surface area contributed by atoms with E-state index in [1.165, 1.54) is 5.56 Å². The van der Waals surface area contributed by atoms with Gasteiger partial charge in [0.15, 0.2) is 0 Å². The number of carbonyl (C=O) groups is 1. The summed E-state index contributed by atoms with van der Waals surface area (Å²) < 4.78 is 15.6. The number of benzene rings is 1. The highest BCUT2D eigenvalue weighted by molar-refractivity contribution is 5.75. The van der Waals surface area contributed by atoms with Gasteiger partial charge in [-0.25, -0.2) is 0 Å². The fourth-order valence-corrected chi connectivity index (χ4v) is 1.66. The van der Waals surface area contributed by atoms with Gasteiger partial charge in [-0.2, -0.15) is 0 Å². The SMILES string of the molecule is CCOC(=O)C(COc1ccc(CCOC)cc1)NC. The monoisotopic (exact) mass is 281 g/mol. The van der Waals surface area contributed by atoms with Gasteiger partial charge in [-0.1, -0.05) is 12.1 Å². The van der Waals surface area contributed by atoms with Gasteiger partial charge in [0.1, 0.15) is 18.4 Å². The van der Waals surface area contributed by atoms with Crippen molar-refractivity contribution in [2.75, 3.05) is 34.0 Å². The van der Waals surface area contributed by atoms with Crippen molar-refractivity contribution in [2.45, 2.75) is 19.4 Å². The molecule has 0 amide bonds. The van der Waals surface area contributed by atoms with Crippen molar-refractivity contribution in [3.63, 3.8) is 0 Å². The van der Waals surface area contributed by atoms with Crippen LogP contribution in [0.15, 0.2) is 24.3 Å². The molecule has 5 nitrogen and oxygen atoms in total. The van der Waals surface area contributed by atoms with E-state index in [-0.39, 0.29) is 12.6 Å². The van der Waals surface area contributed by atoms with Crippen molar-refractivity contribution in [1.29, 1.82) is 0 Å². The van der Waals surface area contributed by atoms with Gasteiger partial charge in [0.2, 0.25) is 0 Å². The first-order valence-corrected chi connectivity index (χ1v) is 6.75. The minimum absolute atomic E-state index is 0.243. The lowest BCUT2D eigenvalue weighted by molar-refractivity contribution is -0.146. The number of likely N-dealkylation sites (N-methyl/N-ethyl adjacent to an activating group) is 1. The Hall–Kier alpha value is -1.59. The van der Waals surface area contributed by atoms with Crippen molar-refractivity contribution in [2.24, 2.45) is 0 Å². The zero-order valence-corrected chi connectivity index (χ0v) is 12.3. The van der Waals surface area contributed by atoms with Gasteiger partial charge < -0.3 is 19.5 Å². The summed E-state index contributed by atoms with van der Waals surface area (Å²) in [5, 5.41) is 2.88. The predicted octanol–water partition coefficient (Wildman–Crippen LogP) is 1.41. The predicted molar refractivity (Wildman–Crippen MR) is 77.0 cm³/mol. The number of nitrogens with one attached hydrogen (secondary N) is 1. The van der Waals surface area contributed by atoms with Crippen LogP contribution >= 0.6 is 0 Å². The molecule has 0 aliphatic carbocycles. The lowest BCUT2D eigenvalue weighted by Crippen LogP contribution is -2.40. The number of methoxy groups -OCH3 is 1. The summed E-state index contributed by atoms with van der Waals surface area (Å²) in [4.78, 5) is 11.6. The van der Waals surface area contributed by atoms with E-state index in [2.05, 4.69) is 5.32 Å². The second kappa shape index (κ2) is 9.34. The van der Waals surface area contributed by atoms with Crippen LogP contribution < -0.4 is 10.1 Å². The minimum Gasteiger partial charge on any atom is -0.491 e. The molecule has 0 radical (unpaired) electrons. The van der Waals surface area contributed by atoms with Crippen molar-refractivity contribution < 1.29 is 19.0 Å². The van der Waals surface area contributed by atoms with E-state index in [1.807, 2.05) is 24.3 Å². The molecule has 0 bridgehead atoms. The smallest absolute Gasteiger partial charge is 0.326 e. The number of esters is 1. The Morgan fingerprint density at radius 3 is 2.55 bits per heavy atom. The Labute approximate surface area is 120 Å². The lowest BCUT2D eigenvalue weighted by Gasteiger charge is -2.15. The molecule has 0 saturated heterocycles. The van der Waals surface area contributed by atoms with E-state index < -0.39 is 6.04 Å². The molecule has 0 saturated carbocycles. The molecular weight excluding hydrogens is 258 g/mol. The summed E-state index contributed by atoms with van der Waals surface area (Å²) in [5.74, 6) is 0.433. The summed E-state index contributed by atoms with van der Waals surface area (Å²) in [5.41, 5.74) is 1.19. The highest BCUT2D eigenvalue weighted by Gasteiger charge is 2.18. The Morgan fingerprint density at radius 2 is 2.00 bits per heavy atom. The fourth-order valence-electron chi connectivity index (χ4n) is 1.66. The maximum absolute atomic E-state index is 11.6. The van der Waals surface area contributed by atoms with Crippen LogP contribution in [0.5, 0.6) is 5.75 Å². The third-order valence-corrected chi connectivity index (χ3v) is 2.85. The molecule has 20 heavy (non-hydrogen) atoms. The van der Waals surface area contributed by atoms with Crippen molar-refractivity contribution in [3.8, 4) is 5.75 Å². The maximum Gasteiger partial charge on any atom is 0.326 e. The minimum atomic E-state index is -0.455. The first-order valence-electron chi connectivity index (χ1n) is 6.75. The number of hydrogen-bond acceptors (Lipinski definition) is 5. The summed E-state index contributed by atoms with van der Waals surface area (Å²) in [7, 11) is 3.39. The molecule has 0 aliphatic heterocycles. The van der Waals surface area contributed by atoms with Crippen LogP contribution in [0.3, 0.4) is 0 Å². The summed E-state index contributed by atoms with van der Waals surface area (Å²) in [6.45, 7) is 3.09. The molecule has 1 rings (SSSR count). The largest absolute Gasteiger partial charge is 0.491 e. The van der Waals surface area contributed by atoms with Crippen LogP contribution in [0.1, 0.15) is 12.5 Å². The molecule has 1 aromatic carbocycles. The van der Waals surface area contributed by atoms with E-state index in [0.29, 0.717) is 13.2 Å². The molecule has 5 heteroatoms. The number of hydrogen-bond donors (Lipinski definition) is 1. The molecule has 0 aromatic heterocycles. The second-order valence-electron chi connectivity index (χ2n) is 4.29. The second-order valence-corrected chi connectivity index (χ2v) is 4.29. The number of carbonyl (C=O) groups excluding carboxylic acids is 1. The van der Waals surface area contributed by atoms with Crippen molar-refractivity contribution in [1.82, 2.24) is 5.32 Å². The van der Waals surface area contributed by atoms with Gasteiger partial charge in [0.25, 0.3) is 0 Å². The van der Waals surface area contributed by atoms with Gasteiger partial charge in [-0.15, -0.1) is 0 Å². The van der Waals surface area contributed by atoms with Crippen molar-refractivity contribution in [3.05, 3.63) is 29.8 Å². The van der Waals surface area contributed by atoms with E-state index in [0.717, 1.165) is 12.2 Å². The van der Waals surface area contributed by atoms with E-state index in [4.69, 9.17) is 14.2 Å². The molecule has 1 N–H and O–H groups in total. The zero-order valence-electron chi connectivity index (χ0n) is 12.3. The Bertz CT molecular complexity index is 391. The molecule has 0 aliphatic rings. The standard InChI is InChI=1S/C15H23NO4/c1-4-19-15(17)14(16-2)11-20-13-7-5-12(6-8-13)9-10-18-3/h5-8,14,16H,4,9-11H2,1-3H3. The van der Waals surface area contributed by atoms with Gasteiger partial charge in [0, 0.05) is 7.11 Å². The summed E-state index contributed by atoms with van der Waals surface area (Å²) >= 11 is 0. The van der Waals surface area contributed by atoms with Crippen LogP contribution in [0.4, 0.5) is 0 Å². The molecule has 1 unspecified atom stereocenters. The Morgan fingerprint density at radius 1 is 1.30 bits per heavy atom. The fraction of sp³-hybridized carbons (Fsp3) is 0.533. The Balaban J connectivity index is 2.45. The molecule has 0 fully saturated rings. The summed E-state index contributed by atoms with van der Waals surface area (Å²) in [6, 6.07) is 7.31. The highest BCUT2D eigenvalue weighted by atomic mass is 16.5. The summed E-state index contributed by atoms with van der Waals surface area (Å²) in [6.07, 6.45) is 0.874. The highest BCUT2D eigenvalue weighted by Crippen LogP contribution is 2.13. The van der Waals surface area contributed by atoms with Gasteiger partial charge in [-0.3, -0.25) is 4.79 Å². The number of ether oxygens (including phenoxy) is 3. The molecule has 1 aromatic rings.